The Morgan fingerprint density at radius 2 is 1.59 bits per heavy atom. The van der Waals surface area contributed by atoms with Crippen LogP contribution in [0.25, 0.3) is 0 Å². The van der Waals surface area contributed by atoms with Crippen molar-refractivity contribution < 1.29 is 14.3 Å². The maximum atomic E-state index is 11.8. The minimum Gasteiger partial charge on any atom is -0.460 e. The molecule has 22 heavy (non-hydrogen) atoms. The molecule has 0 rings (SSSR count). The zero-order valence-electron chi connectivity index (χ0n) is 14.7. The molecule has 0 fully saturated rings. The summed E-state index contributed by atoms with van der Waals surface area (Å²) in [5.41, 5.74) is 5.17. The molecule has 5 heteroatoms. The number of esters is 1. The molecule has 0 aliphatic carbocycles. The van der Waals surface area contributed by atoms with Crippen LogP contribution in [-0.2, 0) is 14.3 Å². The first-order chi connectivity index (χ1) is 10.3. The van der Waals surface area contributed by atoms with Crippen LogP contribution < -0.4 is 11.1 Å². The Balaban J connectivity index is 3.68. The van der Waals surface area contributed by atoms with Gasteiger partial charge in [0.2, 0.25) is 5.91 Å². The van der Waals surface area contributed by atoms with E-state index in [0.29, 0.717) is 6.54 Å². The van der Waals surface area contributed by atoms with E-state index in [-0.39, 0.29) is 12.3 Å². The lowest BCUT2D eigenvalue weighted by molar-refractivity contribution is -0.156. The molecule has 0 radical (unpaired) electrons. The topological polar surface area (TPSA) is 81.4 Å². The van der Waals surface area contributed by atoms with Crippen molar-refractivity contribution in [1.29, 1.82) is 0 Å². The van der Waals surface area contributed by atoms with Gasteiger partial charge in [-0.2, -0.15) is 0 Å². The Kier molecular flexibility index (Phi) is 10.9. The van der Waals surface area contributed by atoms with Gasteiger partial charge < -0.3 is 15.8 Å². The van der Waals surface area contributed by atoms with E-state index in [4.69, 9.17) is 10.5 Å². The van der Waals surface area contributed by atoms with Crippen LogP contribution in [0.3, 0.4) is 0 Å². The normalized spacial score (nSPS) is 12.8. The van der Waals surface area contributed by atoms with Crippen molar-refractivity contribution in [3.8, 4) is 0 Å². The maximum Gasteiger partial charge on any atom is 0.308 e. The quantitative estimate of drug-likeness (QED) is 0.454. The molecule has 1 unspecified atom stereocenters. The predicted molar refractivity (Wildman–Crippen MR) is 89.4 cm³/mol. The zero-order valence-corrected chi connectivity index (χ0v) is 14.7. The SMILES string of the molecule is CCCCCCCCCNC(=O)C(N)CC(=O)OC(C)(C)C. The molecule has 5 nitrogen and oxygen atoms in total. The van der Waals surface area contributed by atoms with Crippen LogP contribution in [-0.4, -0.2) is 30.1 Å². The van der Waals surface area contributed by atoms with E-state index in [0.717, 1.165) is 12.8 Å². The summed E-state index contributed by atoms with van der Waals surface area (Å²) >= 11 is 0. The number of amides is 1. The van der Waals surface area contributed by atoms with Gasteiger partial charge in [-0.3, -0.25) is 9.59 Å². The van der Waals surface area contributed by atoms with E-state index in [2.05, 4.69) is 12.2 Å². The molecule has 0 aromatic rings. The first-order valence-corrected chi connectivity index (χ1v) is 8.51. The van der Waals surface area contributed by atoms with Crippen LogP contribution in [0.4, 0.5) is 0 Å². The van der Waals surface area contributed by atoms with Gasteiger partial charge in [-0.15, -0.1) is 0 Å². The molecular weight excluding hydrogens is 280 g/mol. The smallest absolute Gasteiger partial charge is 0.308 e. The van der Waals surface area contributed by atoms with E-state index in [1.807, 2.05) is 0 Å². The number of rotatable bonds is 11. The number of carbonyl (C=O) groups excluding carboxylic acids is 2. The molecule has 0 heterocycles. The Morgan fingerprint density at radius 3 is 2.14 bits per heavy atom. The summed E-state index contributed by atoms with van der Waals surface area (Å²) in [5.74, 6) is -0.720. The molecule has 3 N–H and O–H groups in total. The lowest BCUT2D eigenvalue weighted by atomic mass is 10.1. The van der Waals surface area contributed by atoms with Gasteiger partial charge in [0.1, 0.15) is 5.60 Å². The fraction of sp³-hybridized carbons (Fsp3) is 0.882. The second kappa shape index (κ2) is 11.5. The number of nitrogens with two attached hydrogens (primary N) is 1. The second-order valence-electron chi connectivity index (χ2n) is 6.81. The highest BCUT2D eigenvalue weighted by atomic mass is 16.6. The second-order valence-corrected chi connectivity index (χ2v) is 6.81. The fourth-order valence-electron chi connectivity index (χ4n) is 2.08. The third kappa shape index (κ3) is 12.6. The van der Waals surface area contributed by atoms with E-state index < -0.39 is 17.6 Å². The predicted octanol–water partition coefficient (Wildman–Crippen LogP) is 2.91. The van der Waals surface area contributed by atoms with Crippen LogP contribution in [0.5, 0.6) is 0 Å². The number of hydrogen-bond acceptors (Lipinski definition) is 4. The molecule has 0 spiro atoms. The first kappa shape index (κ1) is 20.9. The van der Waals surface area contributed by atoms with Gasteiger partial charge in [0, 0.05) is 6.54 Å². The fourth-order valence-corrected chi connectivity index (χ4v) is 2.08. The summed E-state index contributed by atoms with van der Waals surface area (Å²) < 4.78 is 5.15. The van der Waals surface area contributed by atoms with Gasteiger partial charge in [0.25, 0.3) is 0 Å². The molecule has 0 aromatic heterocycles. The van der Waals surface area contributed by atoms with Crippen molar-refractivity contribution in [3.05, 3.63) is 0 Å². The highest BCUT2D eigenvalue weighted by molar-refractivity contribution is 5.86. The minimum absolute atomic E-state index is 0.0832. The third-order valence-corrected chi connectivity index (χ3v) is 3.22. The summed E-state index contributed by atoms with van der Waals surface area (Å²) in [4.78, 5) is 23.4. The van der Waals surface area contributed by atoms with E-state index in [9.17, 15) is 9.59 Å². The number of carbonyl (C=O) groups is 2. The number of hydrogen-bond donors (Lipinski definition) is 2. The number of ether oxygens (including phenoxy) is 1. The van der Waals surface area contributed by atoms with Gasteiger partial charge >= 0.3 is 5.97 Å². The molecule has 0 aliphatic rings. The summed E-state index contributed by atoms with van der Waals surface area (Å²) in [6.45, 7) is 8.19. The maximum absolute atomic E-state index is 11.8. The standard InChI is InChI=1S/C17H34N2O3/c1-5-6-7-8-9-10-11-12-19-16(21)14(18)13-15(20)22-17(2,3)4/h14H,5-13,18H2,1-4H3,(H,19,21). The van der Waals surface area contributed by atoms with Gasteiger partial charge in [0.05, 0.1) is 12.5 Å². The average molecular weight is 314 g/mol. The molecule has 0 saturated carbocycles. The molecule has 0 aliphatic heterocycles. The number of unbranched alkanes of at least 4 members (excludes halogenated alkanes) is 6. The Hall–Kier alpha value is -1.10. The molecular formula is C17H34N2O3. The van der Waals surface area contributed by atoms with Crippen molar-refractivity contribution >= 4 is 11.9 Å². The third-order valence-electron chi connectivity index (χ3n) is 3.22. The molecule has 130 valence electrons. The van der Waals surface area contributed by atoms with Crippen LogP contribution in [0.2, 0.25) is 0 Å². The largest absolute Gasteiger partial charge is 0.460 e. The van der Waals surface area contributed by atoms with Gasteiger partial charge in [-0.1, -0.05) is 45.4 Å². The molecule has 1 amide bonds. The Bertz CT molecular complexity index is 324. The Morgan fingerprint density at radius 1 is 1.05 bits per heavy atom. The summed E-state index contributed by atoms with van der Waals surface area (Å²) in [5, 5.41) is 2.78. The molecule has 0 aromatic carbocycles. The lowest BCUT2D eigenvalue weighted by Crippen LogP contribution is -2.43. The Labute approximate surface area is 135 Å². The van der Waals surface area contributed by atoms with Crippen LogP contribution in [0, 0.1) is 0 Å². The first-order valence-electron chi connectivity index (χ1n) is 8.51. The molecule has 1 atom stereocenters. The monoisotopic (exact) mass is 314 g/mol. The van der Waals surface area contributed by atoms with Crippen molar-refractivity contribution in [3.63, 3.8) is 0 Å². The van der Waals surface area contributed by atoms with Crippen molar-refractivity contribution in [2.24, 2.45) is 5.73 Å². The number of nitrogens with one attached hydrogen (secondary N) is 1. The van der Waals surface area contributed by atoms with Crippen molar-refractivity contribution in [2.75, 3.05) is 6.54 Å². The molecule has 0 saturated heterocycles. The van der Waals surface area contributed by atoms with Crippen LogP contribution >= 0.6 is 0 Å². The van der Waals surface area contributed by atoms with Crippen molar-refractivity contribution in [2.45, 2.75) is 90.7 Å². The highest BCUT2D eigenvalue weighted by Gasteiger charge is 2.22. The van der Waals surface area contributed by atoms with E-state index in [1.165, 1.54) is 32.1 Å². The summed E-state index contributed by atoms with van der Waals surface area (Å²) in [7, 11) is 0. The van der Waals surface area contributed by atoms with Crippen LogP contribution in [0.15, 0.2) is 0 Å². The van der Waals surface area contributed by atoms with E-state index in [1.54, 1.807) is 20.8 Å². The zero-order chi connectivity index (χ0) is 17.0. The van der Waals surface area contributed by atoms with Gasteiger partial charge in [0.15, 0.2) is 0 Å². The highest BCUT2D eigenvalue weighted by Crippen LogP contribution is 2.09. The molecule has 0 bridgehead atoms. The summed E-state index contributed by atoms with van der Waals surface area (Å²) in [6, 6.07) is -0.834. The van der Waals surface area contributed by atoms with Gasteiger partial charge in [-0.25, -0.2) is 0 Å². The van der Waals surface area contributed by atoms with Crippen LogP contribution in [0.1, 0.15) is 79.1 Å². The van der Waals surface area contributed by atoms with E-state index >= 15 is 0 Å². The average Bonchev–Trinajstić information content (AvgIpc) is 2.39. The van der Waals surface area contributed by atoms with Gasteiger partial charge in [-0.05, 0) is 27.2 Å². The lowest BCUT2D eigenvalue weighted by Gasteiger charge is -2.20. The summed E-state index contributed by atoms with van der Waals surface area (Å²) in [6.07, 6.45) is 8.31. The van der Waals surface area contributed by atoms with Crippen molar-refractivity contribution in [1.82, 2.24) is 5.32 Å². The minimum atomic E-state index is -0.834.